The Kier molecular flexibility index (Phi) is 2.55. The van der Waals surface area contributed by atoms with Gasteiger partial charge in [-0.1, -0.05) is 0 Å². The van der Waals surface area contributed by atoms with Crippen molar-refractivity contribution in [2.24, 2.45) is 0 Å². The number of amides is 1. The Morgan fingerprint density at radius 1 is 1.53 bits per heavy atom. The van der Waals surface area contributed by atoms with Crippen LogP contribution in [0, 0.1) is 13.8 Å². The molecule has 0 aliphatic carbocycles. The Morgan fingerprint density at radius 2 is 2.33 bits per heavy atom. The summed E-state index contributed by atoms with van der Waals surface area (Å²) in [7, 11) is 0. The highest BCUT2D eigenvalue weighted by Gasteiger charge is 2.11. The molecule has 1 amide bonds. The second-order valence-corrected chi connectivity index (χ2v) is 4.30. The summed E-state index contributed by atoms with van der Waals surface area (Å²) in [6.07, 6.45) is 1.47. The zero-order valence-electron chi connectivity index (χ0n) is 8.40. The molecule has 0 unspecified atom stereocenters. The molecule has 78 valence electrons. The van der Waals surface area contributed by atoms with Gasteiger partial charge in [-0.25, -0.2) is 4.98 Å². The van der Waals surface area contributed by atoms with Gasteiger partial charge in [0.1, 0.15) is 0 Å². The first-order chi connectivity index (χ1) is 7.16. The highest BCUT2D eigenvalue weighted by atomic mass is 32.1. The van der Waals surface area contributed by atoms with Crippen LogP contribution in [0.15, 0.2) is 22.8 Å². The molecule has 0 aliphatic heterocycles. The lowest BCUT2D eigenvalue weighted by atomic mass is 10.4. The lowest BCUT2D eigenvalue weighted by Crippen LogP contribution is -2.10. The molecule has 0 aromatic carbocycles. The molecule has 0 spiro atoms. The van der Waals surface area contributed by atoms with E-state index in [9.17, 15) is 4.79 Å². The number of aromatic nitrogens is 1. The van der Waals surface area contributed by atoms with Crippen LogP contribution >= 0.6 is 11.3 Å². The van der Waals surface area contributed by atoms with E-state index in [-0.39, 0.29) is 5.91 Å². The zero-order valence-corrected chi connectivity index (χ0v) is 9.22. The van der Waals surface area contributed by atoms with Gasteiger partial charge in [-0.3, -0.25) is 10.1 Å². The van der Waals surface area contributed by atoms with Gasteiger partial charge in [-0.15, -0.1) is 11.3 Å². The summed E-state index contributed by atoms with van der Waals surface area (Å²) in [5.74, 6) is 0.0225. The minimum Gasteiger partial charge on any atom is -0.459 e. The number of hydrogen-bond donors (Lipinski definition) is 1. The van der Waals surface area contributed by atoms with E-state index in [0.29, 0.717) is 10.9 Å². The molecule has 0 radical (unpaired) electrons. The van der Waals surface area contributed by atoms with Crippen LogP contribution in [-0.2, 0) is 0 Å². The molecule has 4 nitrogen and oxygen atoms in total. The summed E-state index contributed by atoms with van der Waals surface area (Å²) >= 11 is 1.46. The van der Waals surface area contributed by atoms with Gasteiger partial charge < -0.3 is 4.42 Å². The van der Waals surface area contributed by atoms with Crippen LogP contribution in [0.3, 0.4) is 0 Å². The van der Waals surface area contributed by atoms with Crippen molar-refractivity contribution in [2.45, 2.75) is 13.8 Å². The fraction of sp³-hybridized carbons (Fsp3) is 0.200. The van der Waals surface area contributed by atoms with Gasteiger partial charge in [0.15, 0.2) is 10.9 Å². The number of furan rings is 1. The number of rotatable bonds is 2. The molecule has 1 N–H and O–H groups in total. The highest BCUT2D eigenvalue weighted by Crippen LogP contribution is 2.21. The average molecular weight is 222 g/mol. The standard InChI is InChI=1S/C10H10N2O2S/c1-6-7(2)15-10(11-6)12-9(13)8-4-3-5-14-8/h3-5H,1-2H3,(H,11,12,13). The van der Waals surface area contributed by atoms with Gasteiger partial charge in [0, 0.05) is 4.88 Å². The van der Waals surface area contributed by atoms with E-state index in [0.717, 1.165) is 10.6 Å². The summed E-state index contributed by atoms with van der Waals surface area (Å²) in [5, 5.41) is 3.28. The molecule has 15 heavy (non-hydrogen) atoms. The summed E-state index contributed by atoms with van der Waals surface area (Å²) < 4.78 is 4.97. The van der Waals surface area contributed by atoms with Gasteiger partial charge in [0.05, 0.1) is 12.0 Å². The molecule has 0 saturated heterocycles. The number of nitrogens with one attached hydrogen (secondary N) is 1. The fourth-order valence-corrected chi connectivity index (χ4v) is 1.90. The second kappa shape index (κ2) is 3.86. The van der Waals surface area contributed by atoms with Crippen LogP contribution in [0.2, 0.25) is 0 Å². The normalized spacial score (nSPS) is 10.3. The van der Waals surface area contributed by atoms with Crippen molar-refractivity contribution in [1.82, 2.24) is 4.98 Å². The number of anilines is 1. The number of aryl methyl sites for hydroxylation is 2. The zero-order chi connectivity index (χ0) is 10.8. The smallest absolute Gasteiger partial charge is 0.293 e. The van der Waals surface area contributed by atoms with Crippen LogP contribution in [-0.4, -0.2) is 10.9 Å². The van der Waals surface area contributed by atoms with Gasteiger partial charge >= 0.3 is 0 Å². The van der Waals surface area contributed by atoms with Crippen molar-refractivity contribution < 1.29 is 9.21 Å². The Labute approximate surface area is 90.9 Å². The SMILES string of the molecule is Cc1nc(NC(=O)c2ccco2)sc1C. The molecule has 0 aliphatic rings. The van der Waals surface area contributed by atoms with Crippen molar-refractivity contribution >= 4 is 22.4 Å². The minimum atomic E-state index is -0.270. The maximum absolute atomic E-state index is 11.6. The van der Waals surface area contributed by atoms with E-state index in [1.807, 2.05) is 13.8 Å². The van der Waals surface area contributed by atoms with E-state index in [1.54, 1.807) is 12.1 Å². The van der Waals surface area contributed by atoms with E-state index >= 15 is 0 Å². The van der Waals surface area contributed by atoms with Crippen LogP contribution in [0.5, 0.6) is 0 Å². The molecule has 2 heterocycles. The van der Waals surface area contributed by atoms with Crippen molar-refractivity contribution in [2.75, 3.05) is 5.32 Å². The molecule has 0 bridgehead atoms. The molecule has 5 heteroatoms. The van der Waals surface area contributed by atoms with Crippen molar-refractivity contribution in [3.05, 3.63) is 34.7 Å². The van der Waals surface area contributed by atoms with E-state index in [4.69, 9.17) is 4.42 Å². The molecule has 2 rings (SSSR count). The Hall–Kier alpha value is -1.62. The largest absolute Gasteiger partial charge is 0.459 e. The maximum Gasteiger partial charge on any atom is 0.293 e. The molecule has 2 aromatic rings. The Balaban J connectivity index is 2.13. The van der Waals surface area contributed by atoms with Crippen LogP contribution < -0.4 is 5.32 Å². The van der Waals surface area contributed by atoms with Crippen molar-refractivity contribution in [3.8, 4) is 0 Å². The quantitative estimate of drug-likeness (QED) is 0.849. The Morgan fingerprint density at radius 3 is 2.87 bits per heavy atom. The second-order valence-electron chi connectivity index (χ2n) is 3.09. The average Bonchev–Trinajstić information content (AvgIpc) is 2.77. The molecular formula is C10H10N2O2S. The monoisotopic (exact) mass is 222 g/mol. The van der Waals surface area contributed by atoms with Gasteiger partial charge in [-0.05, 0) is 26.0 Å². The van der Waals surface area contributed by atoms with Crippen molar-refractivity contribution in [3.63, 3.8) is 0 Å². The van der Waals surface area contributed by atoms with Gasteiger partial charge in [0.2, 0.25) is 0 Å². The first-order valence-electron chi connectivity index (χ1n) is 4.45. The van der Waals surface area contributed by atoms with E-state index in [2.05, 4.69) is 10.3 Å². The molecule has 2 aromatic heterocycles. The van der Waals surface area contributed by atoms with Crippen LogP contribution in [0.1, 0.15) is 21.1 Å². The van der Waals surface area contributed by atoms with Gasteiger partial charge in [0.25, 0.3) is 5.91 Å². The number of nitrogens with zero attached hydrogens (tertiary/aromatic N) is 1. The lowest BCUT2D eigenvalue weighted by Gasteiger charge is -1.96. The molecular weight excluding hydrogens is 212 g/mol. The summed E-state index contributed by atoms with van der Waals surface area (Å²) in [5.41, 5.74) is 0.940. The van der Waals surface area contributed by atoms with E-state index in [1.165, 1.54) is 17.6 Å². The fourth-order valence-electron chi connectivity index (χ4n) is 1.09. The Bertz CT molecular complexity index is 454. The predicted octanol–water partition coefficient (Wildman–Crippen LogP) is 2.61. The molecule has 0 fully saturated rings. The first kappa shape index (κ1) is 9.92. The van der Waals surface area contributed by atoms with Crippen LogP contribution in [0.4, 0.5) is 5.13 Å². The van der Waals surface area contributed by atoms with Crippen molar-refractivity contribution in [1.29, 1.82) is 0 Å². The first-order valence-corrected chi connectivity index (χ1v) is 5.27. The highest BCUT2D eigenvalue weighted by molar-refractivity contribution is 7.15. The third-order valence-corrected chi connectivity index (χ3v) is 2.98. The maximum atomic E-state index is 11.6. The van der Waals surface area contributed by atoms with E-state index < -0.39 is 0 Å². The third kappa shape index (κ3) is 2.07. The molecule has 0 atom stereocenters. The predicted molar refractivity (Wildman–Crippen MR) is 58.2 cm³/mol. The number of carbonyl (C=O) groups excluding carboxylic acids is 1. The number of hydrogen-bond acceptors (Lipinski definition) is 4. The molecule has 0 saturated carbocycles. The van der Waals surface area contributed by atoms with Crippen LogP contribution in [0.25, 0.3) is 0 Å². The number of carbonyl (C=O) groups is 1. The lowest BCUT2D eigenvalue weighted by molar-refractivity contribution is 0.0996. The summed E-state index contributed by atoms with van der Waals surface area (Å²) in [4.78, 5) is 16.9. The minimum absolute atomic E-state index is 0.270. The topological polar surface area (TPSA) is 55.1 Å². The summed E-state index contributed by atoms with van der Waals surface area (Å²) in [6, 6.07) is 3.29. The summed E-state index contributed by atoms with van der Waals surface area (Å²) in [6.45, 7) is 3.88. The number of thiazole rings is 1. The third-order valence-electron chi connectivity index (χ3n) is 1.99. The van der Waals surface area contributed by atoms with Gasteiger partial charge in [-0.2, -0.15) is 0 Å².